The van der Waals surface area contributed by atoms with Gasteiger partial charge in [0.05, 0.1) is 6.07 Å². The van der Waals surface area contributed by atoms with Crippen LogP contribution in [0.5, 0.6) is 0 Å². The summed E-state index contributed by atoms with van der Waals surface area (Å²) in [6.45, 7) is 4.95. The molecule has 1 aliphatic rings. The summed E-state index contributed by atoms with van der Waals surface area (Å²) in [5.74, 6) is 0. The molecule has 1 atom stereocenters. The lowest BCUT2D eigenvalue weighted by Gasteiger charge is -2.15. The van der Waals surface area contributed by atoms with E-state index in [-0.39, 0.29) is 0 Å². The number of nitrogens with one attached hydrogen (secondary N) is 1. The summed E-state index contributed by atoms with van der Waals surface area (Å²) in [6.07, 6.45) is 2.72. The third-order valence-corrected chi connectivity index (χ3v) is 4.61. The first-order valence-corrected chi connectivity index (χ1v) is 7.25. The van der Waals surface area contributed by atoms with Crippen LogP contribution in [0.3, 0.4) is 0 Å². The van der Waals surface area contributed by atoms with Crippen molar-refractivity contribution in [3.63, 3.8) is 0 Å². The second-order valence-corrected chi connectivity index (χ2v) is 5.96. The van der Waals surface area contributed by atoms with Crippen LogP contribution in [0.1, 0.15) is 26.2 Å². The van der Waals surface area contributed by atoms with E-state index in [4.69, 9.17) is 5.26 Å². The lowest BCUT2D eigenvalue weighted by atomic mass is 10.4. The number of hydrogen-bond donors (Lipinski definition) is 1. The molecule has 16 heavy (non-hydrogen) atoms. The average molecular weight is 245 g/mol. The van der Waals surface area contributed by atoms with Gasteiger partial charge in [-0.15, -0.1) is 0 Å². The molecule has 0 saturated carbocycles. The highest BCUT2D eigenvalue weighted by Gasteiger charge is 2.23. The van der Waals surface area contributed by atoms with Gasteiger partial charge in [-0.1, -0.05) is 6.92 Å². The molecule has 1 aliphatic heterocycles. The van der Waals surface area contributed by atoms with Gasteiger partial charge in [0.2, 0.25) is 10.0 Å². The topological polar surface area (TPSA) is 73.2 Å². The van der Waals surface area contributed by atoms with E-state index < -0.39 is 15.3 Å². The van der Waals surface area contributed by atoms with Crippen molar-refractivity contribution in [2.24, 2.45) is 0 Å². The lowest BCUT2D eigenvalue weighted by Crippen LogP contribution is -2.38. The molecule has 0 aliphatic carbocycles. The summed E-state index contributed by atoms with van der Waals surface area (Å²) in [4.78, 5) is 2.23. The van der Waals surface area contributed by atoms with E-state index in [1.54, 1.807) is 13.0 Å². The minimum Gasteiger partial charge on any atom is -0.302 e. The lowest BCUT2D eigenvalue weighted by molar-refractivity contribution is 0.344. The number of nitriles is 1. The van der Waals surface area contributed by atoms with Gasteiger partial charge < -0.3 is 4.90 Å². The predicted molar refractivity (Wildman–Crippen MR) is 62.3 cm³/mol. The molecule has 1 rings (SSSR count). The van der Waals surface area contributed by atoms with Crippen molar-refractivity contribution >= 4 is 10.0 Å². The number of hydrogen-bond acceptors (Lipinski definition) is 4. The van der Waals surface area contributed by atoms with E-state index in [0.29, 0.717) is 13.0 Å². The highest BCUT2D eigenvalue weighted by Crippen LogP contribution is 2.06. The maximum Gasteiger partial charge on any atom is 0.228 e. The summed E-state index contributed by atoms with van der Waals surface area (Å²) in [5, 5.41) is 7.77. The molecule has 0 aromatic carbocycles. The average Bonchev–Trinajstić information content (AvgIpc) is 2.71. The van der Waals surface area contributed by atoms with Crippen LogP contribution in [0, 0.1) is 11.3 Å². The molecule has 1 fully saturated rings. The second kappa shape index (κ2) is 6.18. The number of sulfonamides is 1. The van der Waals surface area contributed by atoms with E-state index in [0.717, 1.165) is 19.6 Å². The van der Waals surface area contributed by atoms with Crippen molar-refractivity contribution < 1.29 is 8.42 Å². The Labute approximate surface area is 97.5 Å². The van der Waals surface area contributed by atoms with E-state index in [1.165, 1.54) is 12.8 Å². The van der Waals surface area contributed by atoms with Crippen LogP contribution in [0.2, 0.25) is 0 Å². The Hall–Kier alpha value is -0.640. The van der Waals surface area contributed by atoms with E-state index in [9.17, 15) is 8.42 Å². The maximum absolute atomic E-state index is 11.6. The van der Waals surface area contributed by atoms with Crippen LogP contribution < -0.4 is 4.72 Å². The Bertz CT molecular complexity index is 342. The standard InChI is InChI=1S/C10H19N3O2S/c1-2-10(9-11)16(14,15)12-5-8-13-6-3-4-7-13/h10,12H,2-8H2,1H3. The summed E-state index contributed by atoms with van der Waals surface area (Å²) in [7, 11) is -3.45. The first-order valence-electron chi connectivity index (χ1n) is 5.70. The van der Waals surface area contributed by atoms with Crippen LogP contribution in [0.15, 0.2) is 0 Å². The SMILES string of the molecule is CCC(C#N)S(=O)(=O)NCCN1CCCC1. The van der Waals surface area contributed by atoms with Crippen molar-refractivity contribution in [2.75, 3.05) is 26.2 Å². The van der Waals surface area contributed by atoms with Crippen LogP contribution in [-0.2, 0) is 10.0 Å². The number of nitrogens with zero attached hydrogens (tertiary/aromatic N) is 2. The van der Waals surface area contributed by atoms with Crippen LogP contribution in [0.25, 0.3) is 0 Å². The maximum atomic E-state index is 11.6. The fourth-order valence-electron chi connectivity index (χ4n) is 1.83. The molecule has 0 aromatic heterocycles. The molecule has 0 amide bonds. The first-order chi connectivity index (χ1) is 7.60. The van der Waals surface area contributed by atoms with E-state index in [2.05, 4.69) is 9.62 Å². The van der Waals surface area contributed by atoms with Gasteiger partial charge in [-0.2, -0.15) is 5.26 Å². The molecule has 0 aromatic rings. The molecule has 0 bridgehead atoms. The zero-order valence-corrected chi connectivity index (χ0v) is 10.5. The van der Waals surface area contributed by atoms with E-state index in [1.807, 2.05) is 0 Å². The minimum atomic E-state index is -3.45. The van der Waals surface area contributed by atoms with Gasteiger partial charge in [0.25, 0.3) is 0 Å². The zero-order chi connectivity index (χ0) is 12.0. The van der Waals surface area contributed by atoms with Crippen LogP contribution in [0.4, 0.5) is 0 Å². The van der Waals surface area contributed by atoms with Crippen molar-refractivity contribution in [3.05, 3.63) is 0 Å². The largest absolute Gasteiger partial charge is 0.302 e. The van der Waals surface area contributed by atoms with Gasteiger partial charge in [-0.25, -0.2) is 13.1 Å². The molecule has 1 unspecified atom stereocenters. The molecule has 1 N–H and O–H groups in total. The highest BCUT2D eigenvalue weighted by molar-refractivity contribution is 7.90. The van der Waals surface area contributed by atoms with Crippen molar-refractivity contribution in [3.8, 4) is 6.07 Å². The Morgan fingerprint density at radius 2 is 2.06 bits per heavy atom. The van der Waals surface area contributed by atoms with Gasteiger partial charge in [-0.05, 0) is 32.4 Å². The molecule has 1 heterocycles. The molecule has 0 spiro atoms. The van der Waals surface area contributed by atoms with Crippen LogP contribution >= 0.6 is 0 Å². The minimum absolute atomic E-state index is 0.329. The Balaban J connectivity index is 2.33. The predicted octanol–water partition coefficient (Wildman–Crippen LogP) is 0.304. The summed E-state index contributed by atoms with van der Waals surface area (Å²) < 4.78 is 25.7. The molecule has 1 saturated heterocycles. The second-order valence-electron chi connectivity index (χ2n) is 4.01. The monoisotopic (exact) mass is 245 g/mol. The normalized spacial score (nSPS) is 19.5. The van der Waals surface area contributed by atoms with Gasteiger partial charge in [-0.3, -0.25) is 0 Å². The molecule has 92 valence electrons. The third kappa shape index (κ3) is 3.74. The molecule has 5 nitrogen and oxygen atoms in total. The smallest absolute Gasteiger partial charge is 0.228 e. The Kier molecular flexibility index (Phi) is 5.19. The van der Waals surface area contributed by atoms with Gasteiger partial charge >= 0.3 is 0 Å². The molecule has 0 radical (unpaired) electrons. The molecular weight excluding hydrogens is 226 g/mol. The molecular formula is C10H19N3O2S. The summed E-state index contributed by atoms with van der Waals surface area (Å²) in [6, 6.07) is 1.81. The fraction of sp³-hybridized carbons (Fsp3) is 0.900. The number of rotatable bonds is 6. The first kappa shape index (κ1) is 13.4. The number of likely N-dealkylation sites (tertiary alicyclic amines) is 1. The van der Waals surface area contributed by atoms with Gasteiger partial charge in [0, 0.05) is 13.1 Å². The van der Waals surface area contributed by atoms with Gasteiger partial charge in [0.1, 0.15) is 0 Å². The Morgan fingerprint density at radius 3 is 2.56 bits per heavy atom. The quantitative estimate of drug-likeness (QED) is 0.730. The van der Waals surface area contributed by atoms with Crippen molar-refractivity contribution in [2.45, 2.75) is 31.4 Å². The summed E-state index contributed by atoms with van der Waals surface area (Å²) >= 11 is 0. The zero-order valence-electron chi connectivity index (χ0n) is 9.65. The van der Waals surface area contributed by atoms with Crippen molar-refractivity contribution in [1.29, 1.82) is 5.26 Å². The van der Waals surface area contributed by atoms with Crippen molar-refractivity contribution in [1.82, 2.24) is 9.62 Å². The van der Waals surface area contributed by atoms with Crippen LogP contribution in [-0.4, -0.2) is 44.7 Å². The molecule has 6 heteroatoms. The highest BCUT2D eigenvalue weighted by atomic mass is 32.2. The van der Waals surface area contributed by atoms with E-state index >= 15 is 0 Å². The summed E-state index contributed by atoms with van der Waals surface area (Å²) in [5.41, 5.74) is 0. The Morgan fingerprint density at radius 1 is 1.44 bits per heavy atom. The fourth-order valence-corrected chi connectivity index (χ4v) is 2.99. The van der Waals surface area contributed by atoms with Gasteiger partial charge in [0.15, 0.2) is 5.25 Å². The third-order valence-electron chi connectivity index (χ3n) is 2.82.